The van der Waals surface area contributed by atoms with Crippen LogP contribution in [-0.4, -0.2) is 16.2 Å². The fourth-order valence-corrected chi connectivity index (χ4v) is 2.62. The van der Waals surface area contributed by atoms with Crippen molar-refractivity contribution < 1.29 is 4.79 Å². The second kappa shape index (κ2) is 3.72. The normalized spacial score (nSPS) is 14.4. The number of para-hydroxylation sites is 2. The summed E-state index contributed by atoms with van der Waals surface area (Å²) in [6.07, 6.45) is 2.01. The van der Waals surface area contributed by atoms with E-state index in [0.717, 1.165) is 16.4 Å². The molecule has 3 rings (SSSR count). The highest BCUT2D eigenvalue weighted by molar-refractivity contribution is 7.99. The highest BCUT2D eigenvalue weighted by atomic mass is 32.2. The maximum Gasteiger partial charge on any atom is 0.234 e. The molecule has 0 fully saturated rings. The van der Waals surface area contributed by atoms with E-state index < -0.39 is 0 Å². The van der Waals surface area contributed by atoms with Crippen LogP contribution in [-0.2, 0) is 4.79 Å². The summed E-state index contributed by atoms with van der Waals surface area (Å²) >= 11 is 1.55. The van der Waals surface area contributed by atoms with Crippen LogP contribution in [0.2, 0.25) is 0 Å². The number of aromatic nitrogens is 1. The zero-order valence-electron chi connectivity index (χ0n) is 8.51. The van der Waals surface area contributed by atoms with Gasteiger partial charge in [0.25, 0.3) is 0 Å². The Kier molecular flexibility index (Phi) is 2.22. The smallest absolute Gasteiger partial charge is 0.234 e. The molecular formula is C12H10N2OS. The van der Waals surface area contributed by atoms with E-state index in [2.05, 4.69) is 9.88 Å². The van der Waals surface area contributed by atoms with Crippen molar-refractivity contribution in [1.29, 1.82) is 0 Å². The van der Waals surface area contributed by atoms with Crippen LogP contribution >= 0.6 is 11.8 Å². The summed E-state index contributed by atoms with van der Waals surface area (Å²) in [4.78, 5) is 11.6. The Hall–Kier alpha value is -1.68. The topological polar surface area (TPSA) is 34.0 Å². The van der Waals surface area contributed by atoms with Gasteiger partial charge in [0.05, 0.1) is 22.2 Å². The molecule has 1 amide bonds. The summed E-state index contributed by atoms with van der Waals surface area (Å²) in [5.74, 6) is 0.503. The zero-order valence-corrected chi connectivity index (χ0v) is 9.33. The number of nitrogens with one attached hydrogen (secondary N) is 1. The van der Waals surface area contributed by atoms with Crippen molar-refractivity contribution in [3.8, 4) is 5.69 Å². The Morgan fingerprint density at radius 1 is 1.19 bits per heavy atom. The van der Waals surface area contributed by atoms with E-state index in [4.69, 9.17) is 0 Å². The lowest BCUT2D eigenvalue weighted by atomic mass is 10.2. The number of thioether (sulfide) groups is 1. The number of amides is 1. The Morgan fingerprint density at radius 3 is 3.00 bits per heavy atom. The van der Waals surface area contributed by atoms with Gasteiger partial charge in [-0.1, -0.05) is 23.9 Å². The molecule has 0 unspecified atom stereocenters. The Balaban J connectivity index is 2.22. The number of rotatable bonds is 0. The van der Waals surface area contributed by atoms with E-state index in [1.807, 2.05) is 42.6 Å². The van der Waals surface area contributed by atoms with Crippen LogP contribution in [0.4, 0.5) is 5.69 Å². The van der Waals surface area contributed by atoms with Crippen molar-refractivity contribution in [3.63, 3.8) is 0 Å². The van der Waals surface area contributed by atoms with Crippen LogP contribution in [0.15, 0.2) is 47.6 Å². The van der Waals surface area contributed by atoms with E-state index in [9.17, 15) is 4.79 Å². The summed E-state index contributed by atoms with van der Waals surface area (Å²) in [7, 11) is 0. The fraction of sp³-hybridized carbons (Fsp3) is 0.0833. The lowest BCUT2D eigenvalue weighted by molar-refractivity contribution is -0.113. The van der Waals surface area contributed by atoms with Gasteiger partial charge in [0.15, 0.2) is 0 Å². The minimum Gasteiger partial charge on any atom is -0.324 e. The third-order valence-electron chi connectivity index (χ3n) is 2.50. The molecule has 0 saturated carbocycles. The molecule has 0 radical (unpaired) electrons. The van der Waals surface area contributed by atoms with E-state index in [1.165, 1.54) is 0 Å². The van der Waals surface area contributed by atoms with Gasteiger partial charge in [0, 0.05) is 6.20 Å². The number of fused-ring (bicyclic) bond motifs is 3. The van der Waals surface area contributed by atoms with E-state index in [-0.39, 0.29) is 5.91 Å². The summed E-state index contributed by atoms with van der Waals surface area (Å²) in [6, 6.07) is 11.9. The minimum absolute atomic E-state index is 0.0462. The van der Waals surface area contributed by atoms with E-state index in [1.54, 1.807) is 11.8 Å². The van der Waals surface area contributed by atoms with Gasteiger partial charge < -0.3 is 9.88 Å². The van der Waals surface area contributed by atoms with Gasteiger partial charge in [-0.05, 0) is 24.3 Å². The number of carbonyl (C=O) groups is 1. The molecule has 1 aliphatic rings. The molecule has 80 valence electrons. The van der Waals surface area contributed by atoms with Crippen LogP contribution < -0.4 is 5.32 Å². The number of anilines is 1. The summed E-state index contributed by atoms with van der Waals surface area (Å²) in [6.45, 7) is 0. The van der Waals surface area contributed by atoms with Crippen molar-refractivity contribution in [1.82, 2.24) is 4.57 Å². The molecule has 4 heteroatoms. The molecule has 1 N–H and O–H groups in total. The fourth-order valence-electron chi connectivity index (χ4n) is 1.80. The molecule has 0 bridgehead atoms. The largest absolute Gasteiger partial charge is 0.324 e. The third kappa shape index (κ3) is 1.51. The first-order chi connectivity index (χ1) is 7.84. The molecule has 3 nitrogen and oxygen atoms in total. The number of hydrogen-bond acceptors (Lipinski definition) is 2. The highest BCUT2D eigenvalue weighted by Gasteiger charge is 2.14. The van der Waals surface area contributed by atoms with Crippen LogP contribution in [0, 0.1) is 0 Å². The zero-order chi connectivity index (χ0) is 11.0. The summed E-state index contributed by atoms with van der Waals surface area (Å²) in [5.41, 5.74) is 1.88. The van der Waals surface area contributed by atoms with Crippen molar-refractivity contribution in [2.45, 2.75) is 5.03 Å². The number of hydrogen-bond donors (Lipinski definition) is 1. The molecule has 0 spiro atoms. The lowest BCUT2D eigenvalue weighted by Crippen LogP contribution is -2.18. The first-order valence-electron chi connectivity index (χ1n) is 5.04. The molecule has 0 aliphatic carbocycles. The predicted molar refractivity (Wildman–Crippen MR) is 65.1 cm³/mol. The predicted octanol–water partition coefficient (Wildman–Crippen LogP) is 2.52. The van der Waals surface area contributed by atoms with Crippen LogP contribution in [0.1, 0.15) is 0 Å². The van der Waals surface area contributed by atoms with E-state index >= 15 is 0 Å². The van der Waals surface area contributed by atoms with Gasteiger partial charge in [-0.25, -0.2) is 0 Å². The number of carbonyl (C=O) groups excluding carboxylic acids is 1. The standard InChI is InChI=1S/C12H10N2OS/c15-11-8-16-12-6-3-7-14(12)10-5-2-1-4-9(10)13-11/h1-7H,8H2,(H,13,15). The van der Waals surface area contributed by atoms with Crippen molar-refractivity contribution in [2.75, 3.05) is 11.1 Å². The second-order valence-corrected chi connectivity index (χ2v) is 4.57. The molecule has 0 atom stereocenters. The van der Waals surface area contributed by atoms with Crippen molar-refractivity contribution >= 4 is 23.4 Å². The molecule has 16 heavy (non-hydrogen) atoms. The third-order valence-corrected chi connectivity index (χ3v) is 3.54. The maximum atomic E-state index is 11.6. The Labute approximate surface area is 97.5 Å². The van der Waals surface area contributed by atoms with E-state index in [0.29, 0.717) is 5.75 Å². The van der Waals surface area contributed by atoms with Gasteiger partial charge in [-0.2, -0.15) is 0 Å². The van der Waals surface area contributed by atoms with Crippen molar-refractivity contribution in [3.05, 3.63) is 42.6 Å². The monoisotopic (exact) mass is 230 g/mol. The molecule has 2 aromatic rings. The van der Waals surface area contributed by atoms with Gasteiger partial charge >= 0.3 is 0 Å². The van der Waals surface area contributed by atoms with Crippen LogP contribution in [0.3, 0.4) is 0 Å². The maximum absolute atomic E-state index is 11.6. The van der Waals surface area contributed by atoms with Gasteiger partial charge in [0.1, 0.15) is 0 Å². The first kappa shape index (κ1) is 9.54. The molecule has 1 aromatic carbocycles. The lowest BCUT2D eigenvalue weighted by Gasteiger charge is -2.17. The van der Waals surface area contributed by atoms with Gasteiger partial charge in [0.2, 0.25) is 5.91 Å². The Bertz CT molecular complexity index is 547. The minimum atomic E-state index is 0.0462. The molecule has 1 aliphatic heterocycles. The van der Waals surface area contributed by atoms with Crippen molar-refractivity contribution in [2.24, 2.45) is 0 Å². The molecule has 2 heterocycles. The summed E-state index contributed by atoms with van der Waals surface area (Å²) in [5, 5.41) is 4.01. The summed E-state index contributed by atoms with van der Waals surface area (Å²) < 4.78 is 2.10. The SMILES string of the molecule is O=C1CSc2cccn2-c2ccccc2N1. The molecule has 1 aromatic heterocycles. The Morgan fingerprint density at radius 2 is 2.06 bits per heavy atom. The second-order valence-electron chi connectivity index (χ2n) is 3.57. The van der Waals surface area contributed by atoms with Crippen LogP contribution in [0.25, 0.3) is 5.69 Å². The highest BCUT2D eigenvalue weighted by Crippen LogP contribution is 2.29. The number of nitrogens with zero attached hydrogens (tertiary/aromatic N) is 1. The van der Waals surface area contributed by atoms with Gasteiger partial charge in [-0.15, -0.1) is 0 Å². The average molecular weight is 230 g/mol. The quantitative estimate of drug-likeness (QED) is 0.754. The first-order valence-corrected chi connectivity index (χ1v) is 6.02. The average Bonchev–Trinajstić information content (AvgIpc) is 2.73. The van der Waals surface area contributed by atoms with Crippen LogP contribution in [0.5, 0.6) is 0 Å². The van der Waals surface area contributed by atoms with Gasteiger partial charge in [-0.3, -0.25) is 4.79 Å². The molecule has 0 saturated heterocycles. The number of benzene rings is 1. The molecular weight excluding hydrogens is 220 g/mol.